The Kier molecular flexibility index (Phi) is 6.63. The fourth-order valence-electron chi connectivity index (χ4n) is 0.872. The van der Waals surface area contributed by atoms with Gasteiger partial charge in [0.1, 0.15) is 12.1 Å². The monoisotopic (exact) mass is 234 g/mol. The minimum Gasteiger partial charge on any atom is -0.480 e. The quantitative estimate of drug-likeness (QED) is 0.346. The minimum absolute atomic E-state index is 0.0901. The van der Waals surface area contributed by atoms with Crippen molar-refractivity contribution in [2.75, 3.05) is 13.1 Å². The molecule has 0 spiro atoms. The lowest BCUT2D eigenvalue weighted by molar-refractivity contribution is -0.139. The van der Waals surface area contributed by atoms with E-state index in [-0.39, 0.29) is 13.1 Å². The molecule has 7 nitrogen and oxygen atoms in total. The average molecular weight is 234 g/mol. The summed E-state index contributed by atoms with van der Waals surface area (Å²) >= 11 is 0. The number of aliphatic carboxylic acids is 2. The highest BCUT2D eigenvalue weighted by molar-refractivity contribution is 5.73. The number of aliphatic hydroxyl groups is 1. The molecule has 0 aromatic rings. The molecule has 0 amide bonds. The van der Waals surface area contributed by atoms with Gasteiger partial charge in [-0.25, -0.2) is 0 Å². The van der Waals surface area contributed by atoms with Crippen LogP contribution in [0, 0.1) is 0 Å². The number of carboxylic acids is 2. The summed E-state index contributed by atoms with van der Waals surface area (Å²) in [5.74, 6) is -2.00. The maximum absolute atomic E-state index is 10.4. The first-order valence-electron chi connectivity index (χ1n) is 4.95. The predicted octanol–water partition coefficient (Wildman–Crippen LogP) is -1.53. The van der Waals surface area contributed by atoms with Crippen LogP contribution in [0.4, 0.5) is 0 Å². The molecule has 0 saturated carbocycles. The molecule has 0 aliphatic carbocycles. The molecule has 0 aromatic heterocycles. The van der Waals surface area contributed by atoms with Crippen LogP contribution in [0.3, 0.4) is 0 Å². The third kappa shape index (κ3) is 6.33. The van der Waals surface area contributed by atoms with Crippen molar-refractivity contribution in [3.63, 3.8) is 0 Å². The van der Waals surface area contributed by atoms with E-state index in [2.05, 4.69) is 10.6 Å². The Morgan fingerprint density at radius 1 is 1.00 bits per heavy atom. The highest BCUT2D eigenvalue weighted by Crippen LogP contribution is 1.86. The predicted molar refractivity (Wildman–Crippen MR) is 56.2 cm³/mol. The molecule has 0 bridgehead atoms. The van der Waals surface area contributed by atoms with Crippen LogP contribution in [0.1, 0.15) is 13.8 Å². The van der Waals surface area contributed by atoms with Crippen LogP contribution in [-0.4, -0.2) is 58.5 Å². The van der Waals surface area contributed by atoms with Gasteiger partial charge >= 0.3 is 11.9 Å². The number of hydrogen-bond donors (Lipinski definition) is 5. The van der Waals surface area contributed by atoms with Gasteiger partial charge in [0, 0.05) is 13.1 Å². The number of carbonyl (C=O) groups is 2. The van der Waals surface area contributed by atoms with E-state index in [4.69, 9.17) is 10.2 Å². The zero-order chi connectivity index (χ0) is 12.7. The van der Waals surface area contributed by atoms with Crippen molar-refractivity contribution in [1.29, 1.82) is 0 Å². The molecule has 0 saturated heterocycles. The third-order valence-electron chi connectivity index (χ3n) is 2.06. The first-order valence-corrected chi connectivity index (χ1v) is 4.95. The van der Waals surface area contributed by atoms with Crippen molar-refractivity contribution >= 4 is 11.9 Å². The normalized spacial score (nSPS) is 14.8. The molecule has 0 rings (SSSR count). The molecule has 0 unspecified atom stereocenters. The van der Waals surface area contributed by atoms with Crippen molar-refractivity contribution < 1.29 is 24.9 Å². The Morgan fingerprint density at radius 2 is 1.31 bits per heavy atom. The van der Waals surface area contributed by atoms with Crippen LogP contribution in [0.5, 0.6) is 0 Å². The largest absolute Gasteiger partial charge is 0.480 e. The lowest BCUT2D eigenvalue weighted by atomic mass is 10.2. The van der Waals surface area contributed by atoms with E-state index in [1.165, 1.54) is 13.8 Å². The lowest BCUT2D eigenvalue weighted by Crippen LogP contribution is -2.45. The van der Waals surface area contributed by atoms with Crippen LogP contribution < -0.4 is 10.6 Å². The van der Waals surface area contributed by atoms with Gasteiger partial charge in [-0.1, -0.05) is 0 Å². The fourth-order valence-corrected chi connectivity index (χ4v) is 0.872. The van der Waals surface area contributed by atoms with E-state index >= 15 is 0 Å². The van der Waals surface area contributed by atoms with E-state index in [1.54, 1.807) is 0 Å². The summed E-state index contributed by atoms with van der Waals surface area (Å²) < 4.78 is 0. The van der Waals surface area contributed by atoms with E-state index in [9.17, 15) is 14.7 Å². The SMILES string of the molecule is C[C@H](NCC(O)CN[C@@H](C)C(=O)O)C(=O)O. The molecule has 94 valence electrons. The molecule has 2 atom stereocenters. The summed E-state index contributed by atoms with van der Waals surface area (Å²) in [4.78, 5) is 20.9. The Bertz CT molecular complexity index is 222. The van der Waals surface area contributed by atoms with E-state index < -0.39 is 30.1 Å². The maximum Gasteiger partial charge on any atom is 0.320 e. The van der Waals surface area contributed by atoms with E-state index in [1.807, 2.05) is 0 Å². The Morgan fingerprint density at radius 3 is 1.56 bits per heavy atom. The standard InChI is InChI=1S/C9H18N2O5/c1-5(8(13)14)10-3-7(12)4-11-6(2)9(15)16/h5-7,10-12H,3-4H2,1-2H3,(H,13,14)(H,15,16)/t5-,6-/m0/s1. The summed E-state index contributed by atoms with van der Waals surface area (Å²) in [7, 11) is 0. The summed E-state index contributed by atoms with van der Waals surface area (Å²) in [6.45, 7) is 3.10. The van der Waals surface area contributed by atoms with Crippen molar-refractivity contribution in [3.05, 3.63) is 0 Å². The van der Waals surface area contributed by atoms with Gasteiger partial charge in [0.15, 0.2) is 0 Å². The summed E-state index contributed by atoms with van der Waals surface area (Å²) in [6, 6.07) is -1.49. The second-order valence-electron chi connectivity index (χ2n) is 3.59. The van der Waals surface area contributed by atoms with Gasteiger partial charge < -0.3 is 26.0 Å². The van der Waals surface area contributed by atoms with Gasteiger partial charge in [-0.15, -0.1) is 0 Å². The zero-order valence-corrected chi connectivity index (χ0v) is 9.30. The topological polar surface area (TPSA) is 119 Å². The molecule has 7 heteroatoms. The van der Waals surface area contributed by atoms with Crippen molar-refractivity contribution in [1.82, 2.24) is 10.6 Å². The number of carboxylic acid groups (broad SMARTS) is 2. The van der Waals surface area contributed by atoms with Gasteiger partial charge in [0.2, 0.25) is 0 Å². The van der Waals surface area contributed by atoms with Crippen molar-refractivity contribution in [3.8, 4) is 0 Å². The van der Waals surface area contributed by atoms with Gasteiger partial charge in [0.05, 0.1) is 6.10 Å². The number of rotatable bonds is 8. The molecule has 0 aromatic carbocycles. The molecular formula is C9H18N2O5. The Hall–Kier alpha value is -1.18. The van der Waals surface area contributed by atoms with Gasteiger partial charge in [-0.2, -0.15) is 0 Å². The summed E-state index contributed by atoms with van der Waals surface area (Å²) in [6.07, 6.45) is -0.830. The van der Waals surface area contributed by atoms with E-state index in [0.29, 0.717) is 0 Å². The van der Waals surface area contributed by atoms with Gasteiger partial charge in [-0.05, 0) is 13.8 Å². The summed E-state index contributed by atoms with van der Waals surface area (Å²) in [5.41, 5.74) is 0. The van der Waals surface area contributed by atoms with E-state index in [0.717, 1.165) is 0 Å². The molecule has 0 aliphatic heterocycles. The number of nitrogens with one attached hydrogen (secondary N) is 2. The molecule has 16 heavy (non-hydrogen) atoms. The minimum atomic E-state index is -1.00. The average Bonchev–Trinajstić information content (AvgIpc) is 2.21. The highest BCUT2D eigenvalue weighted by Gasteiger charge is 2.14. The zero-order valence-electron chi connectivity index (χ0n) is 9.30. The molecule has 0 radical (unpaired) electrons. The third-order valence-corrected chi connectivity index (χ3v) is 2.06. The second kappa shape index (κ2) is 7.15. The Labute approximate surface area is 93.5 Å². The molecule has 0 fully saturated rings. The first kappa shape index (κ1) is 14.8. The van der Waals surface area contributed by atoms with Gasteiger partial charge in [0.25, 0.3) is 0 Å². The lowest BCUT2D eigenvalue weighted by Gasteiger charge is -2.16. The molecule has 0 heterocycles. The molecule has 5 N–H and O–H groups in total. The van der Waals surface area contributed by atoms with Gasteiger partial charge in [-0.3, -0.25) is 9.59 Å². The fraction of sp³-hybridized carbons (Fsp3) is 0.778. The van der Waals surface area contributed by atoms with Crippen LogP contribution in [0.25, 0.3) is 0 Å². The van der Waals surface area contributed by atoms with Crippen molar-refractivity contribution in [2.45, 2.75) is 32.0 Å². The molecule has 0 aliphatic rings. The second-order valence-corrected chi connectivity index (χ2v) is 3.59. The van der Waals surface area contributed by atoms with Crippen LogP contribution in [0.15, 0.2) is 0 Å². The van der Waals surface area contributed by atoms with Crippen molar-refractivity contribution in [2.24, 2.45) is 0 Å². The smallest absolute Gasteiger partial charge is 0.320 e. The Balaban J connectivity index is 3.70. The van der Waals surface area contributed by atoms with Crippen LogP contribution in [-0.2, 0) is 9.59 Å². The number of hydrogen-bond acceptors (Lipinski definition) is 5. The highest BCUT2D eigenvalue weighted by atomic mass is 16.4. The van der Waals surface area contributed by atoms with Crippen LogP contribution in [0.2, 0.25) is 0 Å². The van der Waals surface area contributed by atoms with Crippen LogP contribution >= 0.6 is 0 Å². The first-order chi connectivity index (χ1) is 7.34. The number of aliphatic hydroxyl groups excluding tert-OH is 1. The molecular weight excluding hydrogens is 216 g/mol. The summed E-state index contributed by atoms with van der Waals surface area (Å²) in [5, 5.41) is 31.7. The maximum atomic E-state index is 10.4.